The van der Waals surface area contributed by atoms with Gasteiger partial charge in [-0.15, -0.1) is 0 Å². The van der Waals surface area contributed by atoms with Crippen LogP contribution in [0.2, 0.25) is 0 Å². The first kappa shape index (κ1) is 68.4. The molecular formula is C79H116O2. The minimum absolute atomic E-state index is 0.133. The van der Waals surface area contributed by atoms with Crippen LogP contribution in [0.4, 0.5) is 0 Å². The molecule has 0 aliphatic rings. The molecule has 6 rings (SSSR count). The number of ether oxygens (including phenoxy) is 2. The average molecular weight is 1100 g/mol. The molecule has 0 radical (unpaired) electrons. The molecule has 0 aliphatic carbocycles. The first-order valence-electron chi connectivity index (χ1n) is 31.0. The third-order valence-electron chi connectivity index (χ3n) is 16.0. The van der Waals surface area contributed by atoms with E-state index in [2.05, 4.69) is 260 Å². The van der Waals surface area contributed by atoms with E-state index in [1.807, 2.05) is 48.5 Å². The van der Waals surface area contributed by atoms with Crippen molar-refractivity contribution in [1.82, 2.24) is 0 Å². The fraction of sp³-hybridized carbons (Fsp3) is 0.544. The van der Waals surface area contributed by atoms with Crippen molar-refractivity contribution in [3.8, 4) is 23.0 Å². The standard InChI is InChI=1S/C35H40O2.C27H40.C17H36/c1-33(2,3)25-9-17-29(18-10-25)36-31-21-13-27(14-22-31)35(7,8)28-15-23-32(24-16-28)37-30-19-11-26(12-20-30)34(4,5)6;1-11-22-16-20(13-18(3)24(22)26(5,6)7)15-21-14-19(4)25(27(8,9)10)23(12-2)17-21;1-14(10-11-15(2,3)4)12-17(8,9)13-16(5,6)7/h9-24H,1-8H3;13-14,16-17H,11-12,15H2,1-10H3;14H,10-13H2,1-9H3. The Morgan fingerprint density at radius 3 is 0.951 bits per heavy atom. The Labute approximate surface area is 499 Å². The molecule has 6 aromatic carbocycles. The quantitative estimate of drug-likeness (QED) is 0.102. The highest BCUT2D eigenvalue weighted by Gasteiger charge is 2.29. The molecule has 0 aromatic heterocycles. The Balaban J connectivity index is 0.000000282. The van der Waals surface area contributed by atoms with E-state index in [0.29, 0.717) is 16.2 Å². The highest BCUT2D eigenvalue weighted by Crippen LogP contribution is 2.41. The highest BCUT2D eigenvalue weighted by molar-refractivity contribution is 5.48. The first-order valence-corrected chi connectivity index (χ1v) is 31.0. The van der Waals surface area contributed by atoms with Gasteiger partial charge in [-0.1, -0.05) is 252 Å². The van der Waals surface area contributed by atoms with Crippen molar-refractivity contribution in [2.24, 2.45) is 22.2 Å². The fourth-order valence-electron chi connectivity index (χ4n) is 12.6. The van der Waals surface area contributed by atoms with Crippen LogP contribution in [0.1, 0.15) is 266 Å². The van der Waals surface area contributed by atoms with Crippen molar-refractivity contribution < 1.29 is 9.47 Å². The predicted molar refractivity (Wildman–Crippen MR) is 357 cm³/mol. The molecule has 6 aromatic rings. The van der Waals surface area contributed by atoms with Gasteiger partial charge in [0.05, 0.1) is 0 Å². The van der Waals surface area contributed by atoms with Gasteiger partial charge in [0.2, 0.25) is 0 Å². The second kappa shape index (κ2) is 27.1. The lowest BCUT2D eigenvalue weighted by atomic mass is 9.71. The third kappa shape index (κ3) is 21.6. The summed E-state index contributed by atoms with van der Waals surface area (Å²) in [5.74, 6) is 4.23. The molecule has 0 amide bonds. The van der Waals surface area contributed by atoms with E-state index in [0.717, 1.165) is 48.2 Å². The van der Waals surface area contributed by atoms with Crippen molar-refractivity contribution >= 4 is 0 Å². The summed E-state index contributed by atoms with van der Waals surface area (Å²) in [6.45, 7) is 62.3. The zero-order chi connectivity index (χ0) is 61.3. The number of hydrogen-bond acceptors (Lipinski definition) is 2. The minimum Gasteiger partial charge on any atom is -0.457 e. The minimum atomic E-state index is -0.153. The van der Waals surface area contributed by atoms with Gasteiger partial charge >= 0.3 is 0 Å². The largest absolute Gasteiger partial charge is 0.457 e. The van der Waals surface area contributed by atoms with E-state index in [9.17, 15) is 0 Å². The second-order valence-corrected chi connectivity index (χ2v) is 32.0. The Morgan fingerprint density at radius 2 is 0.691 bits per heavy atom. The number of rotatable bonds is 15. The zero-order valence-electron chi connectivity index (χ0n) is 56.9. The predicted octanol–water partition coefficient (Wildman–Crippen LogP) is 24.1. The summed E-state index contributed by atoms with van der Waals surface area (Å²) in [4.78, 5) is 0. The monoisotopic (exact) mass is 1100 g/mol. The Hall–Kier alpha value is -5.08. The second-order valence-electron chi connectivity index (χ2n) is 32.0. The number of benzene rings is 6. The maximum atomic E-state index is 6.10. The Morgan fingerprint density at radius 1 is 0.383 bits per heavy atom. The molecule has 1 atom stereocenters. The molecule has 0 saturated heterocycles. The lowest BCUT2D eigenvalue weighted by molar-refractivity contribution is 0.165. The van der Waals surface area contributed by atoms with E-state index >= 15 is 0 Å². The molecule has 0 saturated carbocycles. The van der Waals surface area contributed by atoms with Crippen LogP contribution in [-0.2, 0) is 46.3 Å². The van der Waals surface area contributed by atoms with Crippen molar-refractivity contribution in [3.63, 3.8) is 0 Å². The molecule has 0 heterocycles. The SMILES string of the molecule is CC(C)(C)c1ccc(Oc2ccc(C(C)(C)c3ccc(Oc4ccc(C(C)(C)C)cc4)cc3)cc2)cc1.CC(CCC(C)(C)C)CC(C)(C)CC(C)(C)C.CCc1cc(Cc2cc(C)c(C(C)(C)C)c(CC)c2)cc(C)c1C(C)(C)C. The van der Waals surface area contributed by atoms with Crippen molar-refractivity contribution in [1.29, 1.82) is 0 Å². The van der Waals surface area contributed by atoms with E-state index in [-0.39, 0.29) is 27.1 Å². The van der Waals surface area contributed by atoms with Gasteiger partial charge in [-0.2, -0.15) is 0 Å². The van der Waals surface area contributed by atoms with Crippen LogP contribution in [0, 0.1) is 36.0 Å². The van der Waals surface area contributed by atoms with E-state index < -0.39 is 0 Å². The van der Waals surface area contributed by atoms with E-state index in [4.69, 9.17) is 9.47 Å². The molecule has 2 heteroatoms. The molecule has 81 heavy (non-hydrogen) atoms. The normalized spacial score (nSPS) is 13.2. The van der Waals surface area contributed by atoms with Gasteiger partial charge in [0.25, 0.3) is 0 Å². The molecule has 2 nitrogen and oxygen atoms in total. The van der Waals surface area contributed by atoms with Crippen LogP contribution in [-0.4, -0.2) is 0 Å². The van der Waals surface area contributed by atoms with Gasteiger partial charge in [-0.25, -0.2) is 0 Å². The summed E-state index contributed by atoms with van der Waals surface area (Å²) >= 11 is 0. The molecule has 0 spiro atoms. The maximum absolute atomic E-state index is 6.10. The molecule has 1 unspecified atom stereocenters. The van der Waals surface area contributed by atoms with Gasteiger partial charge in [0.1, 0.15) is 23.0 Å². The van der Waals surface area contributed by atoms with Crippen LogP contribution in [0.5, 0.6) is 23.0 Å². The topological polar surface area (TPSA) is 18.5 Å². The lowest BCUT2D eigenvalue weighted by Crippen LogP contribution is -2.23. The van der Waals surface area contributed by atoms with Crippen molar-refractivity contribution in [3.05, 3.63) is 188 Å². The van der Waals surface area contributed by atoms with Crippen LogP contribution in [0.15, 0.2) is 121 Å². The van der Waals surface area contributed by atoms with Crippen LogP contribution >= 0.6 is 0 Å². The highest BCUT2D eigenvalue weighted by atomic mass is 16.5. The van der Waals surface area contributed by atoms with Crippen molar-refractivity contribution in [2.45, 2.75) is 259 Å². The smallest absolute Gasteiger partial charge is 0.127 e. The first-order chi connectivity index (χ1) is 37.0. The number of hydrogen-bond donors (Lipinski definition) is 0. The van der Waals surface area contributed by atoms with Crippen LogP contribution in [0.25, 0.3) is 0 Å². The average Bonchev–Trinajstić information content (AvgIpc) is 3.46. The molecule has 0 fully saturated rings. The summed E-state index contributed by atoms with van der Waals surface area (Å²) < 4.78 is 12.2. The van der Waals surface area contributed by atoms with Gasteiger partial charge in [0.15, 0.2) is 0 Å². The number of aryl methyl sites for hydroxylation is 4. The van der Waals surface area contributed by atoms with Gasteiger partial charge in [-0.05, 0) is 211 Å². The summed E-state index contributed by atoms with van der Waals surface area (Å²) in [6, 6.07) is 43.3. The molecular weight excluding hydrogens is 981 g/mol. The summed E-state index contributed by atoms with van der Waals surface area (Å²) in [7, 11) is 0. The lowest BCUT2D eigenvalue weighted by Gasteiger charge is -2.35. The Kier molecular flexibility index (Phi) is 22.9. The third-order valence-corrected chi connectivity index (χ3v) is 16.0. The summed E-state index contributed by atoms with van der Waals surface area (Å²) in [6.07, 6.45) is 8.63. The maximum Gasteiger partial charge on any atom is 0.127 e. The molecule has 0 bridgehead atoms. The van der Waals surface area contributed by atoms with Crippen LogP contribution in [0.3, 0.4) is 0 Å². The van der Waals surface area contributed by atoms with E-state index in [1.54, 1.807) is 0 Å². The Bertz CT molecular complexity index is 2700. The van der Waals surface area contributed by atoms with Gasteiger partial charge in [-0.3, -0.25) is 0 Å². The molecule has 0 N–H and O–H groups in total. The fourth-order valence-corrected chi connectivity index (χ4v) is 12.6. The summed E-state index contributed by atoms with van der Waals surface area (Å²) in [5, 5.41) is 0. The van der Waals surface area contributed by atoms with Gasteiger partial charge < -0.3 is 9.47 Å². The summed E-state index contributed by atoms with van der Waals surface area (Å²) in [5.41, 5.74) is 18.9. The van der Waals surface area contributed by atoms with Crippen LogP contribution < -0.4 is 9.47 Å². The van der Waals surface area contributed by atoms with Crippen molar-refractivity contribution in [2.75, 3.05) is 0 Å². The van der Waals surface area contributed by atoms with E-state index in [1.165, 1.54) is 92.4 Å². The molecule has 0 aliphatic heterocycles. The zero-order valence-corrected chi connectivity index (χ0v) is 56.9. The molecule has 444 valence electrons. The van der Waals surface area contributed by atoms with Gasteiger partial charge in [0, 0.05) is 5.41 Å².